The summed E-state index contributed by atoms with van der Waals surface area (Å²) in [4.78, 5) is 25.0. The minimum atomic E-state index is -4.39. The average Bonchev–Trinajstić information content (AvgIpc) is 3.28. The van der Waals surface area contributed by atoms with E-state index < -0.39 is 29.5 Å². The summed E-state index contributed by atoms with van der Waals surface area (Å²) in [5.74, 6) is -2.80. The fraction of sp³-hybridized carbons (Fsp3) is 0.440. The molecule has 0 saturated heterocycles. The standard InChI is InChI=1S/C25H26F3NO6/c1-15-3-2-4-16(11-15)7-10-33-19-12-17(13-20-21(19)35-14-34-20)22(30)29-24(23(31)32)8-5-18(6-9-24)25(26,27)28/h2-4,11-13,18H,5-10,14H2,1H3,(H,29,30)(H,31,32). The van der Waals surface area contributed by atoms with E-state index in [9.17, 15) is 27.9 Å². The summed E-state index contributed by atoms with van der Waals surface area (Å²) >= 11 is 0. The summed E-state index contributed by atoms with van der Waals surface area (Å²) < 4.78 is 55.9. The Morgan fingerprint density at radius 2 is 1.91 bits per heavy atom. The minimum Gasteiger partial charge on any atom is -0.489 e. The van der Waals surface area contributed by atoms with Gasteiger partial charge in [-0.25, -0.2) is 4.79 Å². The number of fused-ring (bicyclic) bond motifs is 1. The second-order valence-electron chi connectivity index (χ2n) is 8.95. The second kappa shape index (κ2) is 9.67. The third-order valence-corrected chi connectivity index (χ3v) is 6.50. The van der Waals surface area contributed by atoms with Crippen LogP contribution >= 0.6 is 0 Å². The molecule has 1 saturated carbocycles. The van der Waals surface area contributed by atoms with Crippen LogP contribution in [0.1, 0.15) is 47.2 Å². The van der Waals surface area contributed by atoms with Crippen molar-refractivity contribution in [2.24, 2.45) is 5.92 Å². The molecule has 2 aromatic rings. The lowest BCUT2D eigenvalue weighted by Crippen LogP contribution is -2.57. The molecule has 1 aliphatic heterocycles. The summed E-state index contributed by atoms with van der Waals surface area (Å²) in [6.07, 6.45) is -5.16. The Balaban J connectivity index is 1.49. The molecule has 188 valence electrons. The molecule has 0 aromatic heterocycles. The van der Waals surface area contributed by atoms with E-state index in [2.05, 4.69) is 5.32 Å². The van der Waals surface area contributed by atoms with Crippen molar-refractivity contribution in [3.8, 4) is 17.2 Å². The maximum atomic E-state index is 13.0. The number of carbonyl (C=O) groups excluding carboxylic acids is 1. The third kappa shape index (κ3) is 5.47. The highest BCUT2D eigenvalue weighted by Gasteiger charge is 2.50. The van der Waals surface area contributed by atoms with Crippen LogP contribution in [0.3, 0.4) is 0 Å². The van der Waals surface area contributed by atoms with E-state index in [1.165, 1.54) is 12.1 Å². The number of benzene rings is 2. The normalized spacial score (nSPS) is 21.4. The number of halogens is 3. The van der Waals surface area contributed by atoms with Crippen LogP contribution in [0.5, 0.6) is 17.2 Å². The van der Waals surface area contributed by atoms with Crippen molar-refractivity contribution in [2.45, 2.75) is 50.7 Å². The van der Waals surface area contributed by atoms with Gasteiger partial charge in [-0.1, -0.05) is 29.8 Å². The van der Waals surface area contributed by atoms with Crippen LogP contribution in [0.4, 0.5) is 13.2 Å². The summed E-state index contributed by atoms with van der Waals surface area (Å²) in [5.41, 5.74) is 0.487. The molecule has 35 heavy (non-hydrogen) atoms. The number of alkyl halides is 3. The van der Waals surface area contributed by atoms with Gasteiger partial charge >= 0.3 is 12.1 Å². The van der Waals surface area contributed by atoms with Gasteiger partial charge in [0.25, 0.3) is 5.91 Å². The van der Waals surface area contributed by atoms with Gasteiger partial charge in [-0.05, 0) is 50.3 Å². The number of hydrogen-bond donors (Lipinski definition) is 2. The van der Waals surface area contributed by atoms with E-state index in [-0.39, 0.29) is 49.5 Å². The molecule has 0 radical (unpaired) electrons. The van der Waals surface area contributed by atoms with Gasteiger partial charge in [0.2, 0.25) is 12.5 Å². The third-order valence-electron chi connectivity index (χ3n) is 6.50. The zero-order valence-corrected chi connectivity index (χ0v) is 19.1. The zero-order valence-electron chi connectivity index (χ0n) is 19.1. The van der Waals surface area contributed by atoms with Crippen molar-refractivity contribution in [3.63, 3.8) is 0 Å². The lowest BCUT2D eigenvalue weighted by atomic mass is 9.76. The molecule has 1 aliphatic carbocycles. The molecule has 0 unspecified atom stereocenters. The summed E-state index contributed by atoms with van der Waals surface area (Å²) in [6, 6.07) is 10.8. The Hall–Kier alpha value is -3.43. The maximum absolute atomic E-state index is 13.0. The lowest BCUT2D eigenvalue weighted by Gasteiger charge is -2.38. The molecule has 10 heteroatoms. The molecular formula is C25H26F3NO6. The van der Waals surface area contributed by atoms with Gasteiger partial charge < -0.3 is 24.6 Å². The molecule has 1 amide bonds. The van der Waals surface area contributed by atoms with Crippen molar-refractivity contribution >= 4 is 11.9 Å². The SMILES string of the molecule is Cc1cccc(CCOc2cc(C(=O)NC3(C(=O)O)CCC(C(F)(F)F)CC3)cc3c2OCO3)c1. The van der Waals surface area contributed by atoms with Gasteiger partial charge in [-0.15, -0.1) is 0 Å². The number of carboxylic acids is 1. The van der Waals surface area contributed by atoms with Crippen LogP contribution in [0.15, 0.2) is 36.4 Å². The van der Waals surface area contributed by atoms with Crippen LogP contribution < -0.4 is 19.5 Å². The molecule has 4 rings (SSSR count). The first-order valence-electron chi connectivity index (χ1n) is 11.3. The van der Waals surface area contributed by atoms with Gasteiger partial charge in [0.15, 0.2) is 11.5 Å². The van der Waals surface area contributed by atoms with Crippen LogP contribution in [0.2, 0.25) is 0 Å². The maximum Gasteiger partial charge on any atom is 0.391 e. The molecular weight excluding hydrogens is 467 g/mol. The van der Waals surface area contributed by atoms with Crippen molar-refractivity contribution in [3.05, 3.63) is 53.1 Å². The molecule has 2 aromatic carbocycles. The second-order valence-corrected chi connectivity index (χ2v) is 8.95. The highest BCUT2D eigenvalue weighted by atomic mass is 19.4. The van der Waals surface area contributed by atoms with E-state index >= 15 is 0 Å². The predicted octanol–water partition coefficient (Wildman–Crippen LogP) is 4.65. The van der Waals surface area contributed by atoms with E-state index in [0.29, 0.717) is 18.8 Å². The Labute approximate surface area is 200 Å². The predicted molar refractivity (Wildman–Crippen MR) is 119 cm³/mol. The van der Waals surface area contributed by atoms with Gasteiger partial charge in [-0.3, -0.25) is 4.79 Å². The van der Waals surface area contributed by atoms with E-state index in [0.717, 1.165) is 11.1 Å². The largest absolute Gasteiger partial charge is 0.489 e. The van der Waals surface area contributed by atoms with Crippen molar-refractivity contribution < 1.29 is 42.1 Å². The van der Waals surface area contributed by atoms with Gasteiger partial charge in [0.05, 0.1) is 12.5 Å². The Bertz CT molecular complexity index is 1110. The Kier molecular flexibility index (Phi) is 6.82. The van der Waals surface area contributed by atoms with E-state index in [4.69, 9.17) is 14.2 Å². The van der Waals surface area contributed by atoms with E-state index in [1.807, 2.05) is 31.2 Å². The monoisotopic (exact) mass is 493 g/mol. The Morgan fingerprint density at radius 1 is 1.17 bits per heavy atom. The summed E-state index contributed by atoms with van der Waals surface area (Å²) in [6.45, 7) is 2.22. The van der Waals surface area contributed by atoms with Gasteiger partial charge in [0.1, 0.15) is 5.54 Å². The van der Waals surface area contributed by atoms with Gasteiger partial charge in [-0.2, -0.15) is 13.2 Å². The number of carboxylic acid groups (broad SMARTS) is 1. The zero-order chi connectivity index (χ0) is 25.2. The van der Waals surface area contributed by atoms with Crippen LogP contribution in [0.25, 0.3) is 0 Å². The summed E-state index contributed by atoms with van der Waals surface area (Å²) in [5, 5.41) is 12.2. The number of carbonyl (C=O) groups is 2. The lowest BCUT2D eigenvalue weighted by molar-refractivity contribution is -0.187. The first-order chi connectivity index (χ1) is 16.6. The highest BCUT2D eigenvalue weighted by Crippen LogP contribution is 2.43. The number of hydrogen-bond acceptors (Lipinski definition) is 5. The number of aryl methyl sites for hydroxylation is 1. The first-order valence-corrected chi connectivity index (χ1v) is 11.3. The number of rotatable bonds is 7. The van der Waals surface area contributed by atoms with Gasteiger partial charge in [0, 0.05) is 12.0 Å². The molecule has 7 nitrogen and oxygen atoms in total. The number of nitrogens with one attached hydrogen (secondary N) is 1. The molecule has 1 fully saturated rings. The quantitative estimate of drug-likeness (QED) is 0.583. The molecule has 1 heterocycles. The molecule has 0 spiro atoms. The highest BCUT2D eigenvalue weighted by molar-refractivity contribution is 5.99. The molecule has 2 N–H and O–H groups in total. The first kappa shape index (κ1) is 24.7. The van der Waals surface area contributed by atoms with E-state index in [1.54, 1.807) is 0 Å². The number of amides is 1. The van der Waals surface area contributed by atoms with Crippen LogP contribution in [-0.4, -0.2) is 42.1 Å². The smallest absolute Gasteiger partial charge is 0.391 e. The fourth-order valence-electron chi connectivity index (χ4n) is 4.48. The molecule has 0 atom stereocenters. The van der Waals surface area contributed by atoms with Crippen molar-refractivity contribution in [1.82, 2.24) is 5.32 Å². The number of aliphatic carboxylic acids is 1. The number of ether oxygens (including phenoxy) is 3. The van der Waals surface area contributed by atoms with Crippen LogP contribution in [-0.2, 0) is 11.2 Å². The van der Waals surface area contributed by atoms with Crippen LogP contribution in [0, 0.1) is 12.8 Å². The topological polar surface area (TPSA) is 94.1 Å². The Morgan fingerprint density at radius 3 is 2.57 bits per heavy atom. The van der Waals surface area contributed by atoms with Crippen molar-refractivity contribution in [2.75, 3.05) is 13.4 Å². The molecule has 0 bridgehead atoms. The van der Waals surface area contributed by atoms with Crippen molar-refractivity contribution in [1.29, 1.82) is 0 Å². The minimum absolute atomic E-state index is 0.0630. The fourth-order valence-corrected chi connectivity index (χ4v) is 4.48. The molecule has 2 aliphatic rings. The average molecular weight is 493 g/mol. The summed E-state index contributed by atoms with van der Waals surface area (Å²) in [7, 11) is 0.